The standard InChI is InChI=1S/C23H19N3O4S.C3H7NO/c1-13-19(14(2)27)31-23(24-13)25-20(28)18(12-15-8-4-3-5-9-15)26-21(29)16-10-6-7-11-17(16)22(26)30;1-4(2)3-5/h3-11,18H,12H2,1-2H3,(H,24,25,28);3H,1-2H3. The third-order valence-corrected chi connectivity index (χ3v) is 6.44. The van der Waals surface area contributed by atoms with E-state index in [9.17, 15) is 24.0 Å². The van der Waals surface area contributed by atoms with Crippen molar-refractivity contribution in [3.05, 3.63) is 81.9 Å². The molecule has 4 amide bonds. The van der Waals surface area contributed by atoms with Gasteiger partial charge in [0.05, 0.1) is 21.7 Å². The van der Waals surface area contributed by atoms with E-state index < -0.39 is 23.8 Å². The molecule has 0 fully saturated rings. The maximum absolute atomic E-state index is 13.3. The second-order valence-electron chi connectivity index (χ2n) is 8.28. The highest BCUT2D eigenvalue weighted by molar-refractivity contribution is 7.17. The Hall–Kier alpha value is -4.18. The monoisotopic (exact) mass is 506 g/mol. The Morgan fingerprint density at radius 1 is 1.03 bits per heavy atom. The predicted molar refractivity (Wildman–Crippen MR) is 136 cm³/mol. The fraction of sp³-hybridized carbons (Fsp3) is 0.231. The Morgan fingerprint density at radius 2 is 1.56 bits per heavy atom. The topological polar surface area (TPSA) is 117 Å². The molecule has 186 valence electrons. The lowest BCUT2D eigenvalue weighted by Gasteiger charge is -2.25. The number of aryl methyl sites for hydroxylation is 1. The van der Waals surface area contributed by atoms with Crippen molar-refractivity contribution in [3.8, 4) is 0 Å². The largest absolute Gasteiger partial charge is 0.351 e. The minimum atomic E-state index is -1.07. The smallest absolute Gasteiger partial charge is 0.262 e. The molecule has 2 heterocycles. The van der Waals surface area contributed by atoms with E-state index in [0.717, 1.165) is 28.2 Å². The predicted octanol–water partition coefficient (Wildman–Crippen LogP) is 3.20. The third kappa shape index (κ3) is 5.89. The van der Waals surface area contributed by atoms with Gasteiger partial charge in [-0.25, -0.2) is 4.98 Å². The van der Waals surface area contributed by atoms with E-state index in [1.54, 1.807) is 45.3 Å². The lowest BCUT2D eigenvalue weighted by atomic mass is 10.0. The molecule has 2 aromatic carbocycles. The van der Waals surface area contributed by atoms with Crippen molar-refractivity contribution >= 4 is 46.4 Å². The van der Waals surface area contributed by atoms with Crippen molar-refractivity contribution in [1.29, 1.82) is 0 Å². The third-order valence-electron chi connectivity index (χ3n) is 5.27. The van der Waals surface area contributed by atoms with Gasteiger partial charge < -0.3 is 10.2 Å². The number of anilines is 1. The first-order valence-electron chi connectivity index (χ1n) is 11.1. The second kappa shape index (κ2) is 11.5. The van der Waals surface area contributed by atoms with Crippen LogP contribution >= 0.6 is 11.3 Å². The molecule has 0 bridgehead atoms. The SMILES string of the molecule is CC(=O)c1sc(NC(=O)C(Cc2ccccc2)N2C(=O)c3ccccc3C2=O)nc1C.CN(C)C=O. The summed E-state index contributed by atoms with van der Waals surface area (Å²) < 4.78 is 0. The van der Waals surface area contributed by atoms with Crippen LogP contribution in [0, 0.1) is 6.92 Å². The Bertz CT molecular complexity index is 1270. The maximum Gasteiger partial charge on any atom is 0.262 e. The molecule has 36 heavy (non-hydrogen) atoms. The number of hydrogen-bond donors (Lipinski definition) is 1. The van der Waals surface area contributed by atoms with Crippen molar-refractivity contribution in [2.75, 3.05) is 19.4 Å². The Morgan fingerprint density at radius 3 is 2.03 bits per heavy atom. The number of benzene rings is 2. The van der Waals surface area contributed by atoms with Gasteiger partial charge in [-0.1, -0.05) is 53.8 Å². The van der Waals surface area contributed by atoms with Gasteiger partial charge in [0.1, 0.15) is 6.04 Å². The summed E-state index contributed by atoms with van der Waals surface area (Å²) in [4.78, 5) is 67.6. The number of nitrogens with zero attached hydrogens (tertiary/aromatic N) is 3. The number of rotatable bonds is 7. The first-order valence-corrected chi connectivity index (χ1v) is 11.9. The van der Waals surface area contributed by atoms with Crippen molar-refractivity contribution < 1.29 is 24.0 Å². The molecule has 1 atom stereocenters. The van der Waals surface area contributed by atoms with Gasteiger partial charge in [0.2, 0.25) is 12.3 Å². The Kier molecular flexibility index (Phi) is 8.44. The summed E-state index contributed by atoms with van der Waals surface area (Å²) in [5.41, 5.74) is 1.89. The number of carbonyl (C=O) groups excluding carboxylic acids is 5. The van der Waals surface area contributed by atoms with Crippen molar-refractivity contribution in [2.45, 2.75) is 26.3 Å². The number of nitrogens with one attached hydrogen (secondary N) is 1. The van der Waals surface area contributed by atoms with Gasteiger partial charge in [-0.05, 0) is 24.6 Å². The van der Waals surface area contributed by atoms with Gasteiger partial charge in [0.25, 0.3) is 11.8 Å². The first-order chi connectivity index (χ1) is 17.1. The van der Waals surface area contributed by atoms with E-state index in [2.05, 4.69) is 10.3 Å². The normalized spacial score (nSPS) is 12.8. The molecular weight excluding hydrogens is 480 g/mol. The molecule has 1 aromatic heterocycles. The summed E-state index contributed by atoms with van der Waals surface area (Å²) in [6.45, 7) is 3.12. The van der Waals surface area contributed by atoms with Crippen LogP contribution in [0.5, 0.6) is 0 Å². The van der Waals surface area contributed by atoms with Crippen LogP contribution in [-0.2, 0) is 16.0 Å². The Balaban J connectivity index is 0.000000658. The highest BCUT2D eigenvalue weighted by Gasteiger charge is 2.42. The molecule has 0 saturated heterocycles. The van der Waals surface area contributed by atoms with Crippen molar-refractivity contribution in [3.63, 3.8) is 0 Å². The lowest BCUT2D eigenvalue weighted by molar-refractivity contribution is -0.120. The number of aromatic nitrogens is 1. The molecule has 0 spiro atoms. The van der Waals surface area contributed by atoms with Crippen LogP contribution in [0.25, 0.3) is 0 Å². The van der Waals surface area contributed by atoms with E-state index in [1.807, 2.05) is 30.3 Å². The molecule has 1 N–H and O–H groups in total. The molecule has 4 rings (SSSR count). The molecule has 0 saturated carbocycles. The number of thiazole rings is 1. The van der Waals surface area contributed by atoms with Gasteiger partial charge in [0.15, 0.2) is 10.9 Å². The second-order valence-corrected chi connectivity index (χ2v) is 9.28. The summed E-state index contributed by atoms with van der Waals surface area (Å²) in [6, 6.07) is 14.6. The fourth-order valence-corrected chi connectivity index (χ4v) is 4.46. The summed E-state index contributed by atoms with van der Waals surface area (Å²) in [5, 5.41) is 2.95. The molecule has 3 aromatic rings. The number of carbonyl (C=O) groups is 5. The van der Waals surface area contributed by atoms with Gasteiger partial charge in [0, 0.05) is 27.4 Å². The zero-order chi connectivity index (χ0) is 26.4. The number of fused-ring (bicyclic) bond motifs is 1. The highest BCUT2D eigenvalue weighted by Crippen LogP contribution is 2.28. The van der Waals surface area contributed by atoms with Crippen LogP contribution in [-0.4, -0.2) is 64.8 Å². The highest BCUT2D eigenvalue weighted by atomic mass is 32.1. The average molecular weight is 507 g/mol. The molecule has 1 unspecified atom stereocenters. The number of hydrogen-bond acceptors (Lipinski definition) is 7. The van der Waals surface area contributed by atoms with E-state index in [4.69, 9.17) is 0 Å². The zero-order valence-corrected chi connectivity index (χ0v) is 21.2. The van der Waals surface area contributed by atoms with E-state index in [1.165, 1.54) is 11.8 Å². The minimum absolute atomic E-state index is 0.142. The van der Waals surface area contributed by atoms with Crippen LogP contribution in [0.2, 0.25) is 0 Å². The van der Waals surface area contributed by atoms with E-state index >= 15 is 0 Å². The van der Waals surface area contributed by atoms with Crippen molar-refractivity contribution in [1.82, 2.24) is 14.8 Å². The van der Waals surface area contributed by atoms with Gasteiger partial charge in [-0.3, -0.25) is 28.9 Å². The number of amides is 4. The summed E-state index contributed by atoms with van der Waals surface area (Å²) in [7, 11) is 3.38. The maximum atomic E-state index is 13.3. The molecular formula is C26H26N4O5S. The van der Waals surface area contributed by atoms with Crippen LogP contribution in [0.4, 0.5) is 5.13 Å². The van der Waals surface area contributed by atoms with Gasteiger partial charge in [-0.2, -0.15) is 0 Å². The number of imide groups is 1. The van der Waals surface area contributed by atoms with Gasteiger partial charge >= 0.3 is 0 Å². The molecule has 10 heteroatoms. The van der Waals surface area contributed by atoms with E-state index in [0.29, 0.717) is 10.6 Å². The van der Waals surface area contributed by atoms with E-state index in [-0.39, 0.29) is 28.5 Å². The molecule has 1 aliphatic heterocycles. The number of Topliss-reactive ketones (excluding diaryl/α,β-unsaturated/α-hetero) is 1. The van der Waals surface area contributed by atoms with Crippen LogP contribution in [0.1, 0.15) is 48.6 Å². The molecule has 1 aliphatic rings. The summed E-state index contributed by atoms with van der Waals surface area (Å²) >= 11 is 1.07. The quantitative estimate of drug-likeness (QED) is 0.299. The summed E-state index contributed by atoms with van der Waals surface area (Å²) in [5.74, 6) is -1.69. The zero-order valence-electron chi connectivity index (χ0n) is 20.3. The first kappa shape index (κ1) is 26.4. The Labute approximate surface area is 212 Å². The molecule has 0 aliphatic carbocycles. The lowest BCUT2D eigenvalue weighted by Crippen LogP contribution is -2.48. The molecule has 0 radical (unpaired) electrons. The van der Waals surface area contributed by atoms with Crippen LogP contribution in [0.3, 0.4) is 0 Å². The average Bonchev–Trinajstić information content (AvgIpc) is 3.35. The fourth-order valence-electron chi connectivity index (χ4n) is 3.59. The van der Waals surface area contributed by atoms with Crippen LogP contribution in [0.15, 0.2) is 54.6 Å². The number of ketones is 1. The van der Waals surface area contributed by atoms with Crippen molar-refractivity contribution in [2.24, 2.45) is 0 Å². The van der Waals surface area contributed by atoms with Crippen LogP contribution < -0.4 is 5.32 Å². The summed E-state index contributed by atoms with van der Waals surface area (Å²) in [6.07, 6.45) is 0.905. The minimum Gasteiger partial charge on any atom is -0.351 e. The van der Waals surface area contributed by atoms with Gasteiger partial charge in [-0.15, -0.1) is 0 Å². The molecule has 9 nitrogen and oxygen atoms in total.